The fourth-order valence-electron chi connectivity index (χ4n) is 7.86. The Kier molecular flexibility index (Phi) is 9.24. The molecule has 0 saturated carbocycles. The molecule has 0 aliphatic carbocycles. The number of carbonyl (C=O) groups is 1. The van der Waals surface area contributed by atoms with Gasteiger partial charge in [-0.3, -0.25) is 9.69 Å². The molecule has 10 heteroatoms. The van der Waals surface area contributed by atoms with Gasteiger partial charge in [0, 0.05) is 73.9 Å². The van der Waals surface area contributed by atoms with Crippen LogP contribution in [0.2, 0.25) is 5.02 Å². The lowest BCUT2D eigenvalue weighted by Crippen LogP contribution is -2.53. The van der Waals surface area contributed by atoms with Crippen LogP contribution in [0.3, 0.4) is 0 Å². The van der Waals surface area contributed by atoms with Crippen LogP contribution in [0.25, 0.3) is 5.65 Å². The third-order valence-corrected chi connectivity index (χ3v) is 10.7. The van der Waals surface area contributed by atoms with Crippen LogP contribution in [0.5, 0.6) is 0 Å². The number of hydrogen-bond donors (Lipinski definition) is 1. The topological polar surface area (TPSA) is 86.4 Å². The molecule has 1 amide bonds. The number of aliphatic hydroxyl groups excluding tert-OH is 1. The van der Waals surface area contributed by atoms with Crippen molar-refractivity contribution in [3.8, 4) is 0 Å². The Labute approximate surface area is 282 Å². The van der Waals surface area contributed by atoms with Crippen LogP contribution >= 0.6 is 11.6 Å². The first-order valence-corrected chi connectivity index (χ1v) is 17.4. The third-order valence-electron chi connectivity index (χ3n) is 10.5. The van der Waals surface area contributed by atoms with Gasteiger partial charge in [-0.15, -0.1) is 0 Å². The molecule has 2 aromatic carbocycles. The summed E-state index contributed by atoms with van der Waals surface area (Å²) in [6.07, 6.45) is 6.74. The molecule has 0 radical (unpaired) electrons. The van der Waals surface area contributed by atoms with Gasteiger partial charge in [0.2, 0.25) is 0 Å². The van der Waals surface area contributed by atoms with Gasteiger partial charge in [-0.25, -0.2) is 9.50 Å². The number of anilines is 1. The summed E-state index contributed by atoms with van der Waals surface area (Å²) < 4.78 is 7.77. The second kappa shape index (κ2) is 13.5. The Bertz CT molecular complexity index is 1670. The number of halogens is 1. The molecule has 3 aliphatic rings. The summed E-state index contributed by atoms with van der Waals surface area (Å²) in [6.45, 7) is 9.55. The molecule has 3 fully saturated rings. The Balaban J connectivity index is 0.971. The maximum atomic E-state index is 13.4. The van der Waals surface area contributed by atoms with Crippen molar-refractivity contribution in [2.75, 3.05) is 50.8 Å². The summed E-state index contributed by atoms with van der Waals surface area (Å²) in [7, 11) is 0. The van der Waals surface area contributed by atoms with Crippen LogP contribution < -0.4 is 4.90 Å². The van der Waals surface area contributed by atoms with Crippen LogP contribution in [0.1, 0.15) is 66.8 Å². The van der Waals surface area contributed by atoms with Crippen molar-refractivity contribution in [3.63, 3.8) is 0 Å². The maximum Gasteiger partial charge on any atom is 0.253 e. The van der Waals surface area contributed by atoms with Gasteiger partial charge >= 0.3 is 0 Å². The van der Waals surface area contributed by atoms with E-state index >= 15 is 0 Å². The summed E-state index contributed by atoms with van der Waals surface area (Å²) in [5, 5.41) is 15.9. The molecule has 0 spiro atoms. The number of rotatable bonds is 7. The summed E-state index contributed by atoms with van der Waals surface area (Å²) in [6, 6.07) is 20.5. The average molecular weight is 657 g/mol. The zero-order valence-electron chi connectivity index (χ0n) is 27.4. The number of benzene rings is 2. The van der Waals surface area contributed by atoms with Crippen LogP contribution in [-0.4, -0.2) is 99.5 Å². The van der Waals surface area contributed by atoms with E-state index in [-0.39, 0.29) is 30.1 Å². The first-order chi connectivity index (χ1) is 22.8. The van der Waals surface area contributed by atoms with Crippen LogP contribution in [0.4, 0.5) is 5.69 Å². The van der Waals surface area contributed by atoms with E-state index in [1.807, 2.05) is 70.2 Å². The number of piperidine rings is 2. The first kappa shape index (κ1) is 32.1. The molecule has 3 aliphatic heterocycles. The van der Waals surface area contributed by atoms with Gasteiger partial charge in [0.05, 0.1) is 24.5 Å². The van der Waals surface area contributed by atoms with Crippen LogP contribution in [0.15, 0.2) is 66.9 Å². The van der Waals surface area contributed by atoms with Gasteiger partial charge in [0.15, 0.2) is 11.5 Å². The molecule has 1 N–H and O–H groups in total. The lowest BCUT2D eigenvalue weighted by Gasteiger charge is -2.43. The lowest BCUT2D eigenvalue weighted by molar-refractivity contribution is -0.0856. The minimum absolute atomic E-state index is 0.108. The van der Waals surface area contributed by atoms with E-state index in [0.29, 0.717) is 17.5 Å². The normalized spacial score (nSPS) is 22.6. The second-order valence-corrected chi connectivity index (χ2v) is 14.2. The van der Waals surface area contributed by atoms with Crippen molar-refractivity contribution >= 4 is 28.8 Å². The van der Waals surface area contributed by atoms with E-state index < -0.39 is 0 Å². The molecule has 248 valence electrons. The fourth-order valence-corrected chi connectivity index (χ4v) is 7.98. The number of hydrogen-bond acceptors (Lipinski definition) is 7. The van der Waals surface area contributed by atoms with E-state index in [4.69, 9.17) is 26.4 Å². The number of ether oxygens (including phenoxy) is 1. The largest absolute Gasteiger partial charge is 0.395 e. The van der Waals surface area contributed by atoms with Crippen molar-refractivity contribution < 1.29 is 14.6 Å². The number of pyridine rings is 1. The highest BCUT2D eigenvalue weighted by atomic mass is 35.5. The number of likely N-dealkylation sites (tertiary alicyclic amines) is 1. The molecular formula is C37H45ClN6O3. The molecule has 5 heterocycles. The fraction of sp³-hybridized carbons (Fsp3) is 0.486. The Morgan fingerprint density at radius 2 is 1.64 bits per heavy atom. The number of morpholine rings is 1. The van der Waals surface area contributed by atoms with E-state index in [2.05, 4.69) is 29.7 Å². The van der Waals surface area contributed by atoms with Crippen molar-refractivity contribution in [2.24, 2.45) is 0 Å². The van der Waals surface area contributed by atoms with E-state index in [0.717, 1.165) is 98.8 Å². The highest BCUT2D eigenvalue weighted by molar-refractivity contribution is 6.30. The Morgan fingerprint density at radius 1 is 0.957 bits per heavy atom. The molecule has 47 heavy (non-hydrogen) atoms. The van der Waals surface area contributed by atoms with E-state index in [1.54, 1.807) is 0 Å². The highest BCUT2D eigenvalue weighted by Gasteiger charge is 2.36. The first-order valence-electron chi connectivity index (χ1n) is 17.0. The summed E-state index contributed by atoms with van der Waals surface area (Å²) >= 11 is 6.13. The monoisotopic (exact) mass is 656 g/mol. The highest BCUT2D eigenvalue weighted by Crippen LogP contribution is 2.38. The number of amides is 1. The van der Waals surface area contributed by atoms with E-state index in [1.165, 1.54) is 0 Å². The predicted octanol–water partition coefficient (Wildman–Crippen LogP) is 5.22. The van der Waals surface area contributed by atoms with Crippen molar-refractivity contribution in [1.29, 1.82) is 0 Å². The summed E-state index contributed by atoms with van der Waals surface area (Å²) in [5.41, 5.74) is 4.56. The summed E-state index contributed by atoms with van der Waals surface area (Å²) in [5.74, 6) is 0.852. The summed E-state index contributed by atoms with van der Waals surface area (Å²) in [4.78, 5) is 25.2. The minimum Gasteiger partial charge on any atom is -0.395 e. The van der Waals surface area contributed by atoms with Gasteiger partial charge < -0.3 is 19.6 Å². The number of nitrogens with zero attached hydrogens (tertiary/aromatic N) is 6. The van der Waals surface area contributed by atoms with Gasteiger partial charge in [-0.05, 0) is 87.1 Å². The maximum absolute atomic E-state index is 13.4. The number of fused-ring (bicyclic) bond motifs is 1. The quantitative estimate of drug-likeness (QED) is 0.292. The third kappa shape index (κ3) is 6.77. The van der Waals surface area contributed by atoms with Crippen LogP contribution in [-0.2, 0) is 16.6 Å². The minimum atomic E-state index is -0.268. The van der Waals surface area contributed by atoms with Crippen molar-refractivity contribution in [3.05, 3.63) is 94.4 Å². The second-order valence-electron chi connectivity index (χ2n) is 13.7. The number of carbonyl (C=O) groups excluding carboxylic acids is 1. The molecule has 0 unspecified atom stereocenters. The van der Waals surface area contributed by atoms with E-state index in [9.17, 15) is 9.90 Å². The molecule has 0 bridgehead atoms. The van der Waals surface area contributed by atoms with Crippen molar-refractivity contribution in [2.45, 2.75) is 69.6 Å². The zero-order valence-corrected chi connectivity index (χ0v) is 28.1. The molecule has 2 atom stereocenters. The molecular weight excluding hydrogens is 612 g/mol. The standard InChI is InChI=1S/C37H45ClN6O3/c1-26-23-43(24-27(2)47-26)32-13-18-42(19-14-32)36(46)29-7-5-28(6-8-29)22-34-39-35-33(4-3-17-44(35)40-34)41-20-15-37(25-45,16-21-41)30-9-11-31(38)12-10-30/h3-12,17,26-27,32,45H,13-16,18-25H2,1-2H3/t26-,27-/m0/s1. The molecule has 4 aromatic rings. The average Bonchev–Trinajstić information content (AvgIpc) is 3.51. The molecule has 9 nitrogen and oxygen atoms in total. The number of aliphatic hydroxyl groups is 1. The zero-order chi connectivity index (χ0) is 32.5. The SMILES string of the molecule is C[C@H]1CN(C2CCN(C(=O)c3ccc(Cc4nc5c(N6CCC(CO)(c7ccc(Cl)cc7)CC6)cccn5n4)cc3)CC2)C[C@H](C)O1. The number of aromatic nitrogens is 3. The molecule has 7 rings (SSSR count). The lowest BCUT2D eigenvalue weighted by atomic mass is 9.73. The van der Waals surface area contributed by atoms with Gasteiger partial charge in [-0.1, -0.05) is 35.9 Å². The van der Waals surface area contributed by atoms with Gasteiger partial charge in [0.1, 0.15) is 0 Å². The molecule has 2 aromatic heterocycles. The van der Waals surface area contributed by atoms with Crippen molar-refractivity contribution in [1.82, 2.24) is 24.4 Å². The van der Waals surface area contributed by atoms with Crippen LogP contribution in [0, 0.1) is 0 Å². The van der Waals surface area contributed by atoms with Gasteiger partial charge in [-0.2, -0.15) is 5.10 Å². The molecule has 3 saturated heterocycles. The predicted molar refractivity (Wildman–Crippen MR) is 184 cm³/mol. The van der Waals surface area contributed by atoms with Gasteiger partial charge in [0.25, 0.3) is 5.91 Å². The Hall–Kier alpha value is -3.50. The smallest absolute Gasteiger partial charge is 0.253 e. The Morgan fingerprint density at radius 3 is 2.30 bits per heavy atom.